The molecule has 1 amide bonds. The van der Waals surface area contributed by atoms with E-state index in [-0.39, 0.29) is 28.6 Å². The highest BCUT2D eigenvalue weighted by Crippen LogP contribution is 2.36. The molecule has 2 atom stereocenters. The third-order valence-electron chi connectivity index (χ3n) is 5.74. The highest BCUT2D eigenvalue weighted by atomic mass is 35.5. The number of hydrogen-bond acceptors (Lipinski definition) is 7. The Morgan fingerprint density at radius 3 is 2.60 bits per heavy atom. The SMILES string of the molecule is COc1ccc(NC(=O)CN2C3CC2CN(c2cnn(C)c(=O)c2Cl)C3)cc1OC. The second-order valence-electron chi connectivity index (χ2n) is 7.51. The van der Waals surface area contributed by atoms with Crippen molar-refractivity contribution < 1.29 is 14.3 Å². The molecule has 160 valence electrons. The molecule has 2 unspecified atom stereocenters. The predicted octanol–water partition coefficient (Wildman–Crippen LogP) is 1.35. The Hall–Kier alpha value is -2.78. The number of piperazine rings is 1. The van der Waals surface area contributed by atoms with Gasteiger partial charge in [0, 0.05) is 44.0 Å². The van der Waals surface area contributed by atoms with E-state index in [1.807, 2.05) is 0 Å². The van der Waals surface area contributed by atoms with Crippen LogP contribution in [0.5, 0.6) is 11.5 Å². The average Bonchev–Trinajstić information content (AvgIpc) is 2.75. The van der Waals surface area contributed by atoms with Crippen LogP contribution in [0.2, 0.25) is 5.02 Å². The maximum Gasteiger partial charge on any atom is 0.287 e. The van der Waals surface area contributed by atoms with Crippen molar-refractivity contribution in [3.63, 3.8) is 0 Å². The number of aryl methyl sites for hydroxylation is 1. The number of benzene rings is 1. The molecule has 3 fully saturated rings. The predicted molar refractivity (Wildman–Crippen MR) is 114 cm³/mol. The van der Waals surface area contributed by atoms with Crippen LogP contribution in [0.4, 0.5) is 11.4 Å². The van der Waals surface area contributed by atoms with Gasteiger partial charge in [-0.15, -0.1) is 0 Å². The Balaban J connectivity index is 1.37. The third-order valence-corrected chi connectivity index (χ3v) is 6.09. The fraction of sp³-hybridized carbons (Fsp3) is 0.450. The first-order valence-electron chi connectivity index (χ1n) is 9.65. The average molecular weight is 434 g/mol. The second kappa shape index (κ2) is 8.16. The Morgan fingerprint density at radius 2 is 1.93 bits per heavy atom. The lowest BCUT2D eigenvalue weighted by Crippen LogP contribution is -2.69. The zero-order valence-corrected chi connectivity index (χ0v) is 17.8. The lowest BCUT2D eigenvalue weighted by molar-refractivity contribution is -0.121. The molecule has 2 aromatic rings. The summed E-state index contributed by atoms with van der Waals surface area (Å²) in [4.78, 5) is 28.9. The van der Waals surface area contributed by atoms with Crippen molar-refractivity contribution in [2.24, 2.45) is 7.05 Å². The fourth-order valence-corrected chi connectivity index (χ4v) is 4.44. The second-order valence-corrected chi connectivity index (χ2v) is 7.89. The van der Waals surface area contributed by atoms with E-state index >= 15 is 0 Å². The molecule has 2 bridgehead atoms. The number of methoxy groups -OCH3 is 2. The van der Waals surface area contributed by atoms with Gasteiger partial charge in [0.1, 0.15) is 5.02 Å². The van der Waals surface area contributed by atoms with Crippen LogP contribution in [0.3, 0.4) is 0 Å². The molecule has 5 rings (SSSR count). The van der Waals surface area contributed by atoms with E-state index in [0.717, 1.165) is 6.42 Å². The van der Waals surface area contributed by atoms with Crippen LogP contribution in [0.15, 0.2) is 29.2 Å². The molecule has 9 nitrogen and oxygen atoms in total. The summed E-state index contributed by atoms with van der Waals surface area (Å²) >= 11 is 6.24. The van der Waals surface area contributed by atoms with Crippen molar-refractivity contribution >= 4 is 28.9 Å². The van der Waals surface area contributed by atoms with Gasteiger partial charge in [0.2, 0.25) is 5.91 Å². The van der Waals surface area contributed by atoms with E-state index < -0.39 is 0 Å². The minimum absolute atomic E-state index is 0.0846. The fourth-order valence-electron chi connectivity index (χ4n) is 4.14. The quantitative estimate of drug-likeness (QED) is 0.735. The number of rotatable bonds is 6. The summed E-state index contributed by atoms with van der Waals surface area (Å²) in [5, 5.41) is 7.18. The van der Waals surface area contributed by atoms with E-state index in [0.29, 0.717) is 42.5 Å². The number of ether oxygens (including phenoxy) is 2. The molecule has 1 aromatic heterocycles. The van der Waals surface area contributed by atoms with Crippen LogP contribution in [0.1, 0.15) is 6.42 Å². The number of anilines is 2. The van der Waals surface area contributed by atoms with Crippen molar-refractivity contribution in [3.05, 3.63) is 39.8 Å². The molecule has 4 heterocycles. The molecule has 1 aromatic carbocycles. The van der Waals surface area contributed by atoms with Crippen LogP contribution < -0.4 is 25.2 Å². The number of piperidine rings is 1. The smallest absolute Gasteiger partial charge is 0.287 e. The minimum Gasteiger partial charge on any atom is -0.493 e. The van der Waals surface area contributed by atoms with Crippen molar-refractivity contribution in [1.29, 1.82) is 0 Å². The minimum atomic E-state index is -0.306. The van der Waals surface area contributed by atoms with Crippen LogP contribution >= 0.6 is 11.6 Å². The van der Waals surface area contributed by atoms with Gasteiger partial charge in [-0.05, 0) is 18.6 Å². The van der Waals surface area contributed by atoms with Gasteiger partial charge in [0.05, 0.1) is 32.6 Å². The van der Waals surface area contributed by atoms with Crippen LogP contribution in [-0.4, -0.2) is 66.5 Å². The Labute approximate surface area is 179 Å². The van der Waals surface area contributed by atoms with Crippen molar-refractivity contribution in [1.82, 2.24) is 14.7 Å². The maximum absolute atomic E-state index is 12.6. The monoisotopic (exact) mass is 433 g/mol. The molecule has 0 saturated carbocycles. The van der Waals surface area contributed by atoms with E-state index in [4.69, 9.17) is 21.1 Å². The highest BCUT2D eigenvalue weighted by Gasteiger charge is 2.45. The lowest BCUT2D eigenvalue weighted by atomic mass is 9.87. The number of carbonyl (C=O) groups excluding carboxylic acids is 1. The van der Waals surface area contributed by atoms with E-state index in [1.165, 1.54) is 4.68 Å². The number of hydrogen-bond donors (Lipinski definition) is 1. The summed E-state index contributed by atoms with van der Waals surface area (Å²) in [6.45, 7) is 1.71. The van der Waals surface area contributed by atoms with Gasteiger partial charge in [0.25, 0.3) is 5.56 Å². The molecule has 0 spiro atoms. The number of aromatic nitrogens is 2. The van der Waals surface area contributed by atoms with Gasteiger partial charge in [0.15, 0.2) is 11.5 Å². The molecule has 3 aliphatic heterocycles. The number of carbonyl (C=O) groups is 1. The molecule has 1 N–H and O–H groups in total. The van der Waals surface area contributed by atoms with Gasteiger partial charge in [-0.2, -0.15) is 5.10 Å². The zero-order chi connectivity index (χ0) is 21.4. The molecule has 30 heavy (non-hydrogen) atoms. The molecule has 0 aliphatic carbocycles. The molecular formula is C20H24ClN5O4. The summed E-state index contributed by atoms with van der Waals surface area (Å²) in [6, 6.07) is 5.75. The summed E-state index contributed by atoms with van der Waals surface area (Å²) < 4.78 is 11.7. The van der Waals surface area contributed by atoms with Gasteiger partial charge >= 0.3 is 0 Å². The van der Waals surface area contributed by atoms with Gasteiger partial charge in [-0.25, -0.2) is 4.68 Å². The van der Waals surface area contributed by atoms with Gasteiger partial charge < -0.3 is 19.7 Å². The largest absolute Gasteiger partial charge is 0.493 e. The summed E-state index contributed by atoms with van der Waals surface area (Å²) in [5.74, 6) is 1.08. The van der Waals surface area contributed by atoms with Crippen molar-refractivity contribution in [3.8, 4) is 11.5 Å². The summed E-state index contributed by atoms with van der Waals surface area (Å²) in [5.41, 5.74) is 1.01. The first-order valence-corrected chi connectivity index (χ1v) is 10.0. The van der Waals surface area contributed by atoms with Crippen LogP contribution in [-0.2, 0) is 11.8 Å². The van der Waals surface area contributed by atoms with E-state index in [1.54, 1.807) is 45.7 Å². The number of nitrogens with zero attached hydrogens (tertiary/aromatic N) is 4. The standard InChI is InChI=1S/C20H24ClN5O4/c1-24-20(28)19(21)15(8-22-24)25-9-13-7-14(10-25)26(13)11-18(27)23-12-4-5-16(29-2)17(6-12)30-3/h4-6,8,13-14H,7,9-11H2,1-3H3,(H,23,27). The number of fused-ring (bicyclic) bond motifs is 2. The Morgan fingerprint density at radius 1 is 1.23 bits per heavy atom. The van der Waals surface area contributed by atoms with Crippen molar-refractivity contribution in [2.75, 3.05) is 44.1 Å². The number of halogens is 1. The normalized spacial score (nSPS) is 20.5. The molecule has 10 heteroatoms. The van der Waals surface area contributed by atoms with E-state index in [2.05, 4.69) is 20.2 Å². The zero-order valence-electron chi connectivity index (χ0n) is 17.1. The summed E-state index contributed by atoms with van der Waals surface area (Å²) in [7, 11) is 4.70. The topological polar surface area (TPSA) is 88.9 Å². The van der Waals surface area contributed by atoms with Crippen molar-refractivity contribution in [2.45, 2.75) is 18.5 Å². The molecule has 3 aliphatic rings. The molecular weight excluding hydrogens is 410 g/mol. The van der Waals surface area contributed by atoms with Crippen LogP contribution in [0.25, 0.3) is 0 Å². The first-order chi connectivity index (χ1) is 14.4. The Kier molecular flexibility index (Phi) is 5.57. The first kappa shape index (κ1) is 20.5. The van der Waals surface area contributed by atoms with Crippen LogP contribution in [0, 0.1) is 0 Å². The summed E-state index contributed by atoms with van der Waals surface area (Å²) in [6.07, 6.45) is 2.65. The van der Waals surface area contributed by atoms with Gasteiger partial charge in [-0.3, -0.25) is 14.5 Å². The number of amides is 1. The lowest BCUT2D eigenvalue weighted by Gasteiger charge is -2.56. The third kappa shape index (κ3) is 3.70. The maximum atomic E-state index is 12.6. The van der Waals surface area contributed by atoms with E-state index in [9.17, 15) is 9.59 Å². The highest BCUT2D eigenvalue weighted by molar-refractivity contribution is 6.33. The molecule has 3 saturated heterocycles. The Bertz CT molecular complexity index is 1010. The number of nitrogens with one attached hydrogen (secondary N) is 1. The molecule has 0 radical (unpaired) electrons. The van der Waals surface area contributed by atoms with Gasteiger partial charge in [-0.1, -0.05) is 11.6 Å².